The molecule has 0 saturated carbocycles. The molecule has 3 rings (SSSR count). The Morgan fingerprint density at radius 1 is 0.731 bits per heavy atom. The van der Waals surface area contributed by atoms with Crippen LogP contribution in [-0.4, -0.2) is 56.9 Å². The quantitative estimate of drug-likeness (QED) is 0.492. The first-order valence-electron chi connectivity index (χ1n) is 8.28. The molecule has 0 saturated heterocycles. The molecule has 0 bridgehead atoms. The van der Waals surface area contributed by atoms with Crippen molar-refractivity contribution in [2.24, 2.45) is 0 Å². The van der Waals surface area contributed by atoms with E-state index in [2.05, 4.69) is 0 Å². The molecule has 3 aromatic rings. The molecule has 0 spiro atoms. The second kappa shape index (κ2) is 8.92. The van der Waals surface area contributed by atoms with E-state index in [-0.39, 0.29) is 56.9 Å². The summed E-state index contributed by atoms with van der Waals surface area (Å²) in [6, 6.07) is 22.1. The topological polar surface area (TPSA) is 34.1 Å². The molecule has 0 N–H and O–H groups in total. The summed E-state index contributed by atoms with van der Waals surface area (Å²) >= 11 is 0. The number of rotatable bonds is 4. The molecule has 0 aromatic heterocycles. The average Bonchev–Trinajstić information content (AvgIpc) is 2.61. The third-order valence-corrected chi connectivity index (χ3v) is 7.26. The van der Waals surface area contributed by atoms with Gasteiger partial charge in [0.2, 0.25) is 12.7 Å². The zero-order valence-electron chi connectivity index (χ0n) is 15.7. The number of aryl methyl sites for hydroxylation is 3. The molecule has 0 heterocycles. The van der Waals surface area contributed by atoms with Gasteiger partial charge in [0.15, 0.2) is 0 Å². The number of benzene rings is 3. The van der Waals surface area contributed by atoms with Crippen molar-refractivity contribution in [1.82, 2.24) is 0 Å². The zero-order valence-corrected chi connectivity index (χ0v) is 19.7. The Bertz CT molecular complexity index is 899. The van der Waals surface area contributed by atoms with E-state index in [1.807, 2.05) is 69.3 Å². The predicted octanol–water partition coefficient (Wildman–Crippen LogP) is 4.39. The molecular formula is C22H21KO2P. The summed E-state index contributed by atoms with van der Waals surface area (Å²) in [4.78, 5) is 13.6. The van der Waals surface area contributed by atoms with Gasteiger partial charge in [-0.1, -0.05) is 78.4 Å². The van der Waals surface area contributed by atoms with Gasteiger partial charge in [-0.15, -0.1) is 0 Å². The fourth-order valence-corrected chi connectivity index (χ4v) is 5.95. The minimum Gasteiger partial charge on any atom is -0.305 e. The normalized spacial score (nSPS) is 10.9. The van der Waals surface area contributed by atoms with Gasteiger partial charge in [-0.05, 0) is 31.9 Å². The second-order valence-corrected chi connectivity index (χ2v) is 9.02. The van der Waals surface area contributed by atoms with Crippen LogP contribution < -0.4 is 10.6 Å². The Morgan fingerprint density at radius 2 is 1.12 bits per heavy atom. The monoisotopic (exact) mass is 387 g/mol. The van der Waals surface area contributed by atoms with Crippen LogP contribution in [0.15, 0.2) is 72.8 Å². The molecule has 0 aliphatic heterocycles. The van der Waals surface area contributed by atoms with E-state index in [4.69, 9.17) is 0 Å². The van der Waals surface area contributed by atoms with E-state index < -0.39 is 7.14 Å². The Morgan fingerprint density at radius 3 is 1.50 bits per heavy atom. The van der Waals surface area contributed by atoms with Gasteiger partial charge in [-0.25, -0.2) is 0 Å². The first-order chi connectivity index (χ1) is 11.9. The number of carbonyl (C=O) groups excluding carboxylic acids is 1. The van der Waals surface area contributed by atoms with Crippen LogP contribution in [0.1, 0.15) is 27.0 Å². The maximum absolute atomic E-state index is 14.2. The first-order valence-corrected chi connectivity index (χ1v) is 9.99. The van der Waals surface area contributed by atoms with Crippen molar-refractivity contribution in [3.05, 3.63) is 95.1 Å². The summed E-state index contributed by atoms with van der Waals surface area (Å²) < 4.78 is 14.2. The number of hydrogen-bond acceptors (Lipinski definition) is 2. The van der Waals surface area contributed by atoms with Gasteiger partial charge < -0.3 is 4.57 Å². The molecule has 2 nitrogen and oxygen atoms in total. The Labute approximate surface area is 197 Å². The van der Waals surface area contributed by atoms with Crippen molar-refractivity contribution < 1.29 is 9.36 Å². The van der Waals surface area contributed by atoms with E-state index in [1.165, 1.54) is 0 Å². The minimum absolute atomic E-state index is 0. The van der Waals surface area contributed by atoms with Crippen LogP contribution in [0.5, 0.6) is 0 Å². The first kappa shape index (κ1) is 21.5. The Hall–Kier alpha value is -0.804. The van der Waals surface area contributed by atoms with Crippen molar-refractivity contribution >= 4 is 74.7 Å². The second-order valence-electron chi connectivity index (χ2n) is 6.36. The van der Waals surface area contributed by atoms with Gasteiger partial charge in [-0.3, -0.25) is 4.79 Å². The van der Waals surface area contributed by atoms with E-state index in [9.17, 15) is 9.36 Å². The molecular weight excluding hydrogens is 366 g/mol. The predicted molar refractivity (Wildman–Crippen MR) is 110 cm³/mol. The van der Waals surface area contributed by atoms with Crippen LogP contribution in [0.3, 0.4) is 0 Å². The maximum atomic E-state index is 14.2. The summed E-state index contributed by atoms with van der Waals surface area (Å²) in [7, 11) is -3.44. The van der Waals surface area contributed by atoms with Crippen molar-refractivity contribution in [2.45, 2.75) is 20.8 Å². The smallest absolute Gasteiger partial charge is 0.230 e. The van der Waals surface area contributed by atoms with E-state index in [0.717, 1.165) is 16.7 Å². The van der Waals surface area contributed by atoms with Crippen molar-refractivity contribution in [3.63, 3.8) is 0 Å². The molecule has 4 heteroatoms. The van der Waals surface area contributed by atoms with E-state index in [1.54, 1.807) is 24.3 Å². The molecule has 26 heavy (non-hydrogen) atoms. The Kier molecular flexibility index (Phi) is 7.38. The van der Waals surface area contributed by atoms with Crippen LogP contribution in [0, 0.1) is 20.8 Å². The fraction of sp³-hybridized carbons (Fsp3) is 0.136. The van der Waals surface area contributed by atoms with Crippen LogP contribution in [0.25, 0.3) is 0 Å². The van der Waals surface area contributed by atoms with Crippen LogP contribution in [0.2, 0.25) is 0 Å². The molecule has 0 aliphatic carbocycles. The van der Waals surface area contributed by atoms with E-state index in [0.29, 0.717) is 16.2 Å². The van der Waals surface area contributed by atoms with E-state index >= 15 is 0 Å². The minimum atomic E-state index is -3.44. The number of carbonyl (C=O) groups is 1. The van der Waals surface area contributed by atoms with Crippen molar-refractivity contribution in [2.75, 3.05) is 0 Å². The summed E-state index contributed by atoms with van der Waals surface area (Å²) in [5.41, 5.74) is 3.12. The average molecular weight is 387 g/mol. The van der Waals surface area contributed by atoms with Crippen molar-refractivity contribution in [3.8, 4) is 0 Å². The van der Waals surface area contributed by atoms with Gasteiger partial charge in [0.25, 0.3) is 0 Å². The van der Waals surface area contributed by atoms with Crippen LogP contribution in [-0.2, 0) is 4.57 Å². The zero-order chi connectivity index (χ0) is 18.0. The van der Waals surface area contributed by atoms with Gasteiger partial charge in [0.1, 0.15) is 0 Å². The largest absolute Gasteiger partial charge is 0.305 e. The van der Waals surface area contributed by atoms with Gasteiger partial charge in [0.05, 0.1) is 0 Å². The summed E-state index contributed by atoms with van der Waals surface area (Å²) in [6.45, 7) is 5.82. The molecule has 127 valence electrons. The molecule has 0 aliphatic rings. The summed E-state index contributed by atoms with van der Waals surface area (Å²) in [6.07, 6.45) is 0. The summed E-state index contributed by atoms with van der Waals surface area (Å²) in [5, 5.41) is 1.15. The van der Waals surface area contributed by atoms with Gasteiger partial charge >= 0.3 is 0 Å². The molecule has 0 unspecified atom stereocenters. The Balaban J connectivity index is 0.00000243. The third-order valence-electron chi connectivity index (χ3n) is 4.42. The third kappa shape index (κ3) is 4.04. The molecule has 0 atom stereocenters. The maximum Gasteiger partial charge on any atom is 0.230 e. The molecule has 3 aromatic carbocycles. The SMILES string of the molecule is Cc1cc(C)c(C(=O)P(=O)(c2ccccc2)c2ccccc2)c(C)c1.[K]. The fourth-order valence-electron chi connectivity index (χ4n) is 3.33. The standard InChI is InChI=1S/C22H21O2P.K/c1-16-14-17(2)21(18(3)15-16)22(23)25(24,19-10-6-4-7-11-19)20-12-8-5-9-13-20;/h4-15H,1-3H3;. The molecule has 0 amide bonds. The molecule has 1 radical (unpaired) electrons. The van der Waals surface area contributed by atoms with Crippen molar-refractivity contribution in [1.29, 1.82) is 0 Å². The molecule has 0 fully saturated rings. The van der Waals surface area contributed by atoms with Crippen LogP contribution in [0.4, 0.5) is 0 Å². The van der Waals surface area contributed by atoms with Crippen LogP contribution >= 0.6 is 7.14 Å². The van der Waals surface area contributed by atoms with Gasteiger partial charge in [-0.2, -0.15) is 0 Å². The number of hydrogen-bond donors (Lipinski definition) is 0. The summed E-state index contributed by atoms with van der Waals surface area (Å²) in [5.74, 6) is 0. The van der Waals surface area contributed by atoms with Gasteiger partial charge in [0, 0.05) is 67.6 Å².